The van der Waals surface area contributed by atoms with Gasteiger partial charge in [0.1, 0.15) is 5.56 Å². The number of imidazole rings is 1. The number of anilines is 1. The lowest BCUT2D eigenvalue weighted by atomic mass is 10.1. The minimum Gasteiger partial charge on any atom is -0.326 e. The first-order chi connectivity index (χ1) is 10.0. The van der Waals surface area contributed by atoms with Gasteiger partial charge in [0.05, 0.1) is 11.0 Å². The van der Waals surface area contributed by atoms with E-state index in [9.17, 15) is 9.59 Å². The first-order valence-corrected chi connectivity index (χ1v) is 6.51. The van der Waals surface area contributed by atoms with Crippen LogP contribution in [-0.4, -0.2) is 20.9 Å². The molecule has 0 saturated heterocycles. The Balaban J connectivity index is 1.95. The Kier molecular flexibility index (Phi) is 3.06. The zero-order valence-electron chi connectivity index (χ0n) is 11.7. The lowest BCUT2D eigenvalue weighted by Gasteiger charge is -2.05. The monoisotopic (exact) mass is 282 g/mol. The Hall–Kier alpha value is -2.89. The molecule has 0 fully saturated rings. The number of para-hydroxylation sites is 2. The van der Waals surface area contributed by atoms with Crippen LogP contribution in [0.3, 0.4) is 0 Å². The van der Waals surface area contributed by atoms with Crippen molar-refractivity contribution >= 4 is 22.9 Å². The number of pyridine rings is 1. The summed E-state index contributed by atoms with van der Waals surface area (Å²) < 4.78 is 0. The molecule has 6 heteroatoms. The zero-order chi connectivity index (χ0) is 15.0. The standard InChI is InChI=1S/C15H14N4O2/c1-8-7-9(2)16-13(20)12(8)14(21)19-15-17-10-5-3-4-6-11(10)18-15/h3-7H,1-2H3,(H,16,20)(H2,17,18,19,21). The van der Waals surface area contributed by atoms with Crippen molar-refractivity contribution < 1.29 is 4.79 Å². The second kappa shape index (κ2) is 4.90. The molecule has 106 valence electrons. The fraction of sp³-hybridized carbons (Fsp3) is 0.133. The lowest BCUT2D eigenvalue weighted by molar-refractivity contribution is 0.102. The minimum absolute atomic E-state index is 0.0982. The van der Waals surface area contributed by atoms with Crippen LogP contribution >= 0.6 is 0 Å². The van der Waals surface area contributed by atoms with Crippen molar-refractivity contribution in [1.82, 2.24) is 15.0 Å². The second-order valence-corrected chi connectivity index (χ2v) is 4.90. The van der Waals surface area contributed by atoms with E-state index in [1.165, 1.54) is 0 Å². The number of hydrogen-bond acceptors (Lipinski definition) is 3. The number of nitrogens with zero attached hydrogens (tertiary/aromatic N) is 1. The Labute approximate surface area is 120 Å². The number of aryl methyl sites for hydroxylation is 2. The molecule has 0 bridgehead atoms. The summed E-state index contributed by atoms with van der Waals surface area (Å²) in [5.74, 6) is -0.159. The van der Waals surface area contributed by atoms with E-state index in [4.69, 9.17) is 0 Å². The molecule has 6 nitrogen and oxygen atoms in total. The van der Waals surface area contributed by atoms with Gasteiger partial charge in [0.25, 0.3) is 11.5 Å². The normalized spacial score (nSPS) is 10.8. The average molecular weight is 282 g/mol. The van der Waals surface area contributed by atoms with Gasteiger partial charge >= 0.3 is 0 Å². The van der Waals surface area contributed by atoms with Gasteiger partial charge < -0.3 is 9.97 Å². The number of carbonyl (C=O) groups is 1. The number of aromatic nitrogens is 3. The topological polar surface area (TPSA) is 90.6 Å². The van der Waals surface area contributed by atoms with E-state index < -0.39 is 11.5 Å². The van der Waals surface area contributed by atoms with Crippen molar-refractivity contribution in [2.45, 2.75) is 13.8 Å². The van der Waals surface area contributed by atoms with Gasteiger partial charge in [0, 0.05) is 5.69 Å². The molecule has 3 rings (SSSR count). The third kappa shape index (κ3) is 2.43. The van der Waals surface area contributed by atoms with E-state index in [0.29, 0.717) is 11.5 Å². The minimum atomic E-state index is -0.479. The van der Waals surface area contributed by atoms with Crippen molar-refractivity contribution in [3.8, 4) is 0 Å². The number of fused-ring (bicyclic) bond motifs is 1. The second-order valence-electron chi connectivity index (χ2n) is 4.90. The molecule has 0 saturated carbocycles. The van der Waals surface area contributed by atoms with Gasteiger partial charge in [-0.1, -0.05) is 12.1 Å². The highest BCUT2D eigenvalue weighted by atomic mass is 16.2. The molecule has 3 aromatic rings. The van der Waals surface area contributed by atoms with Crippen LogP contribution in [0, 0.1) is 13.8 Å². The molecule has 21 heavy (non-hydrogen) atoms. The quantitative estimate of drug-likeness (QED) is 0.672. The molecule has 0 atom stereocenters. The molecule has 2 aromatic heterocycles. The lowest BCUT2D eigenvalue weighted by Crippen LogP contribution is -2.25. The number of amides is 1. The van der Waals surface area contributed by atoms with Gasteiger partial charge in [-0.2, -0.15) is 0 Å². The van der Waals surface area contributed by atoms with Crippen LogP contribution in [0.15, 0.2) is 35.1 Å². The summed E-state index contributed by atoms with van der Waals surface area (Å²) in [7, 11) is 0. The highest BCUT2D eigenvalue weighted by molar-refractivity contribution is 6.04. The van der Waals surface area contributed by atoms with Gasteiger partial charge in [-0.05, 0) is 37.6 Å². The van der Waals surface area contributed by atoms with E-state index in [1.54, 1.807) is 19.9 Å². The van der Waals surface area contributed by atoms with Gasteiger partial charge in [0.2, 0.25) is 5.95 Å². The highest BCUT2D eigenvalue weighted by Crippen LogP contribution is 2.14. The van der Waals surface area contributed by atoms with Crippen molar-refractivity contribution in [1.29, 1.82) is 0 Å². The third-order valence-corrected chi connectivity index (χ3v) is 3.21. The van der Waals surface area contributed by atoms with Crippen LogP contribution in [0.4, 0.5) is 5.95 Å². The zero-order valence-corrected chi connectivity index (χ0v) is 11.7. The number of rotatable bonds is 2. The summed E-state index contributed by atoms with van der Waals surface area (Å²) >= 11 is 0. The maximum absolute atomic E-state index is 12.3. The molecule has 0 radical (unpaired) electrons. The first kappa shape index (κ1) is 13.1. The SMILES string of the molecule is Cc1cc(C)c(C(=O)Nc2nc3ccccc3[nH]2)c(=O)[nH]1. The molecule has 1 aromatic carbocycles. The van der Waals surface area contributed by atoms with Crippen LogP contribution in [0.2, 0.25) is 0 Å². The van der Waals surface area contributed by atoms with Gasteiger partial charge in [-0.3, -0.25) is 14.9 Å². The number of hydrogen-bond donors (Lipinski definition) is 3. The molecule has 0 spiro atoms. The molecule has 0 aliphatic rings. The molecule has 0 aliphatic heterocycles. The summed E-state index contributed by atoms with van der Waals surface area (Å²) in [4.78, 5) is 34.0. The molecule has 0 aliphatic carbocycles. The number of nitrogens with one attached hydrogen (secondary N) is 3. The smallest absolute Gasteiger partial charge is 0.263 e. The molecular weight excluding hydrogens is 268 g/mol. The average Bonchev–Trinajstić information content (AvgIpc) is 2.79. The fourth-order valence-electron chi connectivity index (χ4n) is 2.32. The van der Waals surface area contributed by atoms with Crippen molar-refractivity contribution in [3.05, 3.63) is 57.5 Å². The summed E-state index contributed by atoms with van der Waals surface area (Å²) in [5, 5.41) is 2.62. The number of aromatic amines is 2. The summed E-state index contributed by atoms with van der Waals surface area (Å²) in [5.41, 5.74) is 2.62. The Morgan fingerprint density at radius 1 is 1.19 bits per heavy atom. The maximum Gasteiger partial charge on any atom is 0.263 e. The van der Waals surface area contributed by atoms with Crippen LogP contribution in [0.25, 0.3) is 11.0 Å². The largest absolute Gasteiger partial charge is 0.326 e. The highest BCUT2D eigenvalue weighted by Gasteiger charge is 2.16. The Morgan fingerprint density at radius 2 is 1.95 bits per heavy atom. The number of benzene rings is 1. The molecular formula is C15H14N4O2. The summed E-state index contributed by atoms with van der Waals surface area (Å²) in [6.07, 6.45) is 0. The van der Waals surface area contributed by atoms with Crippen molar-refractivity contribution in [2.24, 2.45) is 0 Å². The predicted octanol–water partition coefficient (Wildman–Crippen LogP) is 2.12. The number of H-pyrrole nitrogens is 2. The first-order valence-electron chi connectivity index (χ1n) is 6.51. The molecule has 3 N–H and O–H groups in total. The van der Waals surface area contributed by atoms with Crippen LogP contribution in [0.1, 0.15) is 21.6 Å². The van der Waals surface area contributed by atoms with E-state index >= 15 is 0 Å². The van der Waals surface area contributed by atoms with E-state index in [0.717, 1.165) is 16.7 Å². The predicted molar refractivity (Wildman–Crippen MR) is 80.6 cm³/mol. The van der Waals surface area contributed by atoms with Gasteiger partial charge in [-0.15, -0.1) is 0 Å². The van der Waals surface area contributed by atoms with Gasteiger partial charge in [-0.25, -0.2) is 4.98 Å². The summed E-state index contributed by atoms with van der Waals surface area (Å²) in [6, 6.07) is 9.20. The van der Waals surface area contributed by atoms with Crippen LogP contribution < -0.4 is 10.9 Å². The van der Waals surface area contributed by atoms with Crippen LogP contribution in [-0.2, 0) is 0 Å². The Bertz CT molecular complexity index is 859. The molecule has 1 amide bonds. The van der Waals surface area contributed by atoms with Crippen molar-refractivity contribution in [3.63, 3.8) is 0 Å². The van der Waals surface area contributed by atoms with Gasteiger partial charge in [0.15, 0.2) is 0 Å². The fourth-order valence-corrected chi connectivity index (χ4v) is 2.32. The van der Waals surface area contributed by atoms with Crippen LogP contribution in [0.5, 0.6) is 0 Å². The van der Waals surface area contributed by atoms with E-state index in [2.05, 4.69) is 20.3 Å². The maximum atomic E-state index is 12.3. The molecule has 2 heterocycles. The number of carbonyl (C=O) groups excluding carboxylic acids is 1. The molecule has 0 unspecified atom stereocenters. The third-order valence-electron chi connectivity index (χ3n) is 3.21. The van der Waals surface area contributed by atoms with E-state index in [-0.39, 0.29) is 5.56 Å². The van der Waals surface area contributed by atoms with Crippen molar-refractivity contribution in [2.75, 3.05) is 5.32 Å². The Morgan fingerprint density at radius 3 is 2.67 bits per heavy atom. The van der Waals surface area contributed by atoms with E-state index in [1.807, 2.05) is 24.3 Å². The summed E-state index contributed by atoms with van der Waals surface area (Å²) in [6.45, 7) is 3.51.